The highest BCUT2D eigenvalue weighted by molar-refractivity contribution is 5.72. The lowest BCUT2D eigenvalue weighted by Crippen LogP contribution is -2.15. The Morgan fingerprint density at radius 2 is 1.88 bits per heavy atom. The molecule has 0 amide bonds. The maximum atomic E-state index is 12.0. The van der Waals surface area contributed by atoms with Gasteiger partial charge in [-0.3, -0.25) is 4.57 Å². The highest BCUT2D eigenvalue weighted by Crippen LogP contribution is 2.14. The lowest BCUT2D eigenvalue weighted by molar-refractivity contribution is 0.377. The average molecular weight is 321 g/mol. The molecule has 0 bridgehead atoms. The summed E-state index contributed by atoms with van der Waals surface area (Å²) in [6.07, 6.45) is 0.564. The van der Waals surface area contributed by atoms with Gasteiger partial charge in [-0.05, 0) is 24.6 Å². The van der Waals surface area contributed by atoms with E-state index in [9.17, 15) is 4.79 Å². The summed E-state index contributed by atoms with van der Waals surface area (Å²) >= 11 is 0. The van der Waals surface area contributed by atoms with E-state index in [1.807, 2.05) is 49.4 Å². The minimum atomic E-state index is -0.430. The van der Waals surface area contributed by atoms with Crippen molar-refractivity contribution in [3.05, 3.63) is 81.9 Å². The number of rotatable bonds is 4. The Labute approximate surface area is 137 Å². The molecule has 4 rings (SSSR count). The van der Waals surface area contributed by atoms with Gasteiger partial charge in [0.25, 0.3) is 0 Å². The molecular weight excluding hydrogens is 306 g/mol. The largest absolute Gasteiger partial charge is 0.420 e. The van der Waals surface area contributed by atoms with Crippen LogP contribution in [0, 0.1) is 6.92 Å². The normalized spacial score (nSPS) is 11.2. The van der Waals surface area contributed by atoms with Gasteiger partial charge >= 0.3 is 5.76 Å². The van der Waals surface area contributed by atoms with E-state index in [1.54, 1.807) is 6.07 Å². The van der Waals surface area contributed by atoms with Gasteiger partial charge in [-0.2, -0.15) is 4.98 Å². The van der Waals surface area contributed by atoms with Crippen LogP contribution in [0.3, 0.4) is 0 Å². The van der Waals surface area contributed by atoms with Gasteiger partial charge in [0, 0.05) is 0 Å². The van der Waals surface area contributed by atoms with Crippen LogP contribution in [0.25, 0.3) is 11.1 Å². The number of nitrogens with zero attached hydrogens (tertiary/aromatic N) is 3. The van der Waals surface area contributed by atoms with E-state index in [0.29, 0.717) is 29.2 Å². The summed E-state index contributed by atoms with van der Waals surface area (Å²) in [5, 5.41) is 3.97. The third-order valence-electron chi connectivity index (χ3n) is 3.86. The number of oxazole rings is 1. The Kier molecular flexibility index (Phi) is 3.49. The second kappa shape index (κ2) is 5.81. The second-order valence-electron chi connectivity index (χ2n) is 5.69. The molecule has 0 aliphatic heterocycles. The van der Waals surface area contributed by atoms with Crippen LogP contribution in [-0.4, -0.2) is 14.7 Å². The summed E-state index contributed by atoms with van der Waals surface area (Å²) < 4.78 is 12.0. The van der Waals surface area contributed by atoms with Crippen LogP contribution < -0.4 is 5.76 Å². The smallest absolute Gasteiger partial charge is 0.408 e. The van der Waals surface area contributed by atoms with Crippen LogP contribution in [0.15, 0.2) is 62.3 Å². The molecule has 0 fully saturated rings. The quantitative estimate of drug-likeness (QED) is 0.578. The topological polar surface area (TPSA) is 74.1 Å². The van der Waals surface area contributed by atoms with Crippen molar-refractivity contribution in [3.63, 3.8) is 0 Å². The van der Waals surface area contributed by atoms with E-state index in [1.165, 1.54) is 10.1 Å². The first-order chi connectivity index (χ1) is 11.7. The average Bonchev–Trinajstić information content (AvgIpc) is 3.15. The van der Waals surface area contributed by atoms with Gasteiger partial charge < -0.3 is 8.94 Å². The van der Waals surface area contributed by atoms with Crippen LogP contribution >= 0.6 is 0 Å². The number of hydrogen-bond donors (Lipinski definition) is 0. The van der Waals surface area contributed by atoms with Crippen molar-refractivity contribution in [2.45, 2.75) is 19.9 Å². The van der Waals surface area contributed by atoms with Gasteiger partial charge in [0.15, 0.2) is 11.4 Å². The van der Waals surface area contributed by atoms with Crippen molar-refractivity contribution in [2.75, 3.05) is 0 Å². The molecule has 0 spiro atoms. The third kappa shape index (κ3) is 2.74. The molecule has 2 aromatic heterocycles. The highest BCUT2D eigenvalue weighted by Gasteiger charge is 2.13. The molecular formula is C18H15N3O3. The van der Waals surface area contributed by atoms with Gasteiger partial charge in [-0.15, -0.1) is 0 Å². The monoisotopic (exact) mass is 321 g/mol. The Hall–Kier alpha value is -3.15. The molecule has 120 valence electrons. The number of hydrogen-bond acceptors (Lipinski definition) is 5. The maximum Gasteiger partial charge on any atom is 0.420 e. The van der Waals surface area contributed by atoms with E-state index in [0.717, 1.165) is 5.56 Å². The number of fused-ring (bicyclic) bond motifs is 1. The number of benzene rings is 2. The Bertz CT molecular complexity index is 1040. The zero-order valence-corrected chi connectivity index (χ0v) is 13.1. The molecule has 6 heteroatoms. The molecule has 6 nitrogen and oxygen atoms in total. The number of aryl methyl sites for hydroxylation is 1. The van der Waals surface area contributed by atoms with Gasteiger partial charge in [-0.25, -0.2) is 4.79 Å². The minimum Gasteiger partial charge on any atom is -0.408 e. The summed E-state index contributed by atoms with van der Waals surface area (Å²) in [4.78, 5) is 16.4. The van der Waals surface area contributed by atoms with Crippen LogP contribution in [0.2, 0.25) is 0 Å². The molecule has 4 aromatic rings. The first-order valence-electron chi connectivity index (χ1n) is 7.64. The predicted octanol–water partition coefficient (Wildman–Crippen LogP) is 2.93. The summed E-state index contributed by atoms with van der Waals surface area (Å²) in [6, 6.07) is 15.4. The fourth-order valence-corrected chi connectivity index (χ4v) is 2.61. The van der Waals surface area contributed by atoms with Crippen LogP contribution in [0.4, 0.5) is 0 Å². The van der Waals surface area contributed by atoms with Crippen LogP contribution in [0.1, 0.15) is 22.8 Å². The first-order valence-corrected chi connectivity index (χ1v) is 7.64. The second-order valence-corrected chi connectivity index (χ2v) is 5.69. The SMILES string of the molecule is Cc1ccc(Cc2nc(Cn3c(=O)oc4ccccc43)no2)cc1. The van der Waals surface area contributed by atoms with E-state index in [2.05, 4.69) is 10.1 Å². The highest BCUT2D eigenvalue weighted by atomic mass is 16.5. The minimum absolute atomic E-state index is 0.216. The molecule has 0 saturated heterocycles. The molecule has 0 N–H and O–H groups in total. The van der Waals surface area contributed by atoms with Crippen molar-refractivity contribution >= 4 is 11.1 Å². The Morgan fingerprint density at radius 3 is 2.71 bits per heavy atom. The fourth-order valence-electron chi connectivity index (χ4n) is 2.61. The molecule has 0 aliphatic carbocycles. The van der Waals surface area contributed by atoms with E-state index < -0.39 is 5.76 Å². The zero-order chi connectivity index (χ0) is 16.5. The Balaban J connectivity index is 1.57. The lowest BCUT2D eigenvalue weighted by atomic mass is 10.1. The van der Waals surface area contributed by atoms with Crippen molar-refractivity contribution in [3.8, 4) is 0 Å². The zero-order valence-electron chi connectivity index (χ0n) is 13.1. The summed E-state index contributed by atoms with van der Waals surface area (Å²) in [7, 11) is 0. The molecule has 2 heterocycles. The van der Waals surface area contributed by atoms with Crippen LogP contribution in [0.5, 0.6) is 0 Å². The molecule has 24 heavy (non-hydrogen) atoms. The predicted molar refractivity (Wildman–Crippen MR) is 87.9 cm³/mol. The van der Waals surface area contributed by atoms with Gasteiger partial charge in [-0.1, -0.05) is 47.1 Å². The molecule has 0 saturated carbocycles. The molecule has 0 radical (unpaired) electrons. The van der Waals surface area contributed by atoms with Crippen molar-refractivity contribution < 1.29 is 8.94 Å². The maximum absolute atomic E-state index is 12.0. The number of aromatic nitrogens is 3. The molecule has 2 aromatic carbocycles. The van der Waals surface area contributed by atoms with Crippen molar-refractivity contribution in [2.24, 2.45) is 0 Å². The summed E-state index contributed by atoms with van der Waals surface area (Å²) in [5.74, 6) is 0.543. The van der Waals surface area contributed by atoms with Crippen LogP contribution in [-0.2, 0) is 13.0 Å². The molecule has 0 unspecified atom stereocenters. The molecule has 0 atom stereocenters. The number of para-hydroxylation sites is 2. The fraction of sp³-hybridized carbons (Fsp3) is 0.167. The van der Waals surface area contributed by atoms with Gasteiger partial charge in [0.2, 0.25) is 5.89 Å². The van der Waals surface area contributed by atoms with E-state index in [-0.39, 0.29) is 6.54 Å². The first kappa shape index (κ1) is 14.4. The van der Waals surface area contributed by atoms with E-state index >= 15 is 0 Å². The molecule has 0 aliphatic rings. The summed E-state index contributed by atoms with van der Waals surface area (Å²) in [5.41, 5.74) is 3.57. The van der Waals surface area contributed by atoms with Crippen molar-refractivity contribution in [1.29, 1.82) is 0 Å². The van der Waals surface area contributed by atoms with Gasteiger partial charge in [0.1, 0.15) is 0 Å². The van der Waals surface area contributed by atoms with Crippen molar-refractivity contribution in [1.82, 2.24) is 14.7 Å². The Morgan fingerprint density at radius 1 is 1.08 bits per heavy atom. The lowest BCUT2D eigenvalue weighted by Gasteiger charge is -1.97. The standard InChI is InChI=1S/C18H15N3O3/c1-12-6-8-13(9-7-12)10-17-19-16(20-24-17)11-21-14-4-2-3-5-15(14)23-18(21)22/h2-9H,10-11H2,1H3. The summed E-state index contributed by atoms with van der Waals surface area (Å²) in [6.45, 7) is 2.26. The van der Waals surface area contributed by atoms with Gasteiger partial charge in [0.05, 0.1) is 18.5 Å². The third-order valence-corrected chi connectivity index (χ3v) is 3.86. The van der Waals surface area contributed by atoms with E-state index in [4.69, 9.17) is 8.94 Å².